The minimum absolute atomic E-state index is 0.0134. The van der Waals surface area contributed by atoms with Crippen molar-refractivity contribution < 1.29 is 23.1 Å². The van der Waals surface area contributed by atoms with Gasteiger partial charge in [0.2, 0.25) is 0 Å². The Morgan fingerprint density at radius 1 is 0.969 bits per heavy atom. The maximum atomic E-state index is 13.2. The van der Waals surface area contributed by atoms with Gasteiger partial charge in [-0.3, -0.25) is 9.10 Å². The van der Waals surface area contributed by atoms with Gasteiger partial charge in [0, 0.05) is 5.02 Å². The number of carboxylic acids is 1. The van der Waals surface area contributed by atoms with E-state index in [1.165, 1.54) is 54.7 Å². The second-order valence-corrected chi connectivity index (χ2v) is 8.82. The standard InChI is InChI=1S/C22H18ClN3O5S/c23-18-10-12-20(13-11-18)32(30,31)26(19-4-2-1-3-5-19)15-21(27)25-24-14-16-6-8-17(9-7-16)22(28)29/h1-14H,15H2,(H,25,27)(H,28,29)/b24-14-. The minimum atomic E-state index is -4.05. The van der Waals surface area contributed by atoms with Gasteiger partial charge in [0.25, 0.3) is 15.9 Å². The van der Waals surface area contributed by atoms with Crippen molar-refractivity contribution in [2.75, 3.05) is 10.8 Å². The average molecular weight is 472 g/mol. The molecule has 0 spiro atoms. The third-order valence-corrected chi connectivity index (χ3v) is 6.33. The molecule has 1 amide bonds. The molecule has 2 N–H and O–H groups in total. The van der Waals surface area contributed by atoms with Gasteiger partial charge in [0.1, 0.15) is 6.54 Å². The van der Waals surface area contributed by atoms with Crippen LogP contribution in [-0.2, 0) is 14.8 Å². The van der Waals surface area contributed by atoms with Crippen LogP contribution in [-0.4, -0.2) is 38.2 Å². The highest BCUT2D eigenvalue weighted by Crippen LogP contribution is 2.24. The first kappa shape index (κ1) is 23.0. The lowest BCUT2D eigenvalue weighted by molar-refractivity contribution is -0.119. The number of carbonyl (C=O) groups excluding carboxylic acids is 1. The molecule has 32 heavy (non-hydrogen) atoms. The number of carbonyl (C=O) groups is 2. The first-order valence-electron chi connectivity index (χ1n) is 9.26. The van der Waals surface area contributed by atoms with Crippen LogP contribution in [0.4, 0.5) is 5.69 Å². The van der Waals surface area contributed by atoms with Crippen molar-refractivity contribution in [3.8, 4) is 0 Å². The summed E-state index contributed by atoms with van der Waals surface area (Å²) in [5, 5.41) is 13.1. The normalized spacial score (nSPS) is 11.3. The third kappa shape index (κ3) is 5.71. The van der Waals surface area contributed by atoms with Crippen LogP contribution in [0.15, 0.2) is 88.9 Å². The first-order chi connectivity index (χ1) is 15.3. The van der Waals surface area contributed by atoms with Crippen molar-refractivity contribution >= 4 is 45.4 Å². The summed E-state index contributed by atoms with van der Waals surface area (Å²) in [6.07, 6.45) is 1.32. The predicted octanol–water partition coefficient (Wildman–Crippen LogP) is 3.38. The second-order valence-electron chi connectivity index (χ2n) is 6.52. The number of halogens is 1. The zero-order valence-corrected chi connectivity index (χ0v) is 18.1. The summed E-state index contributed by atoms with van der Waals surface area (Å²) < 4.78 is 27.3. The Balaban J connectivity index is 1.77. The van der Waals surface area contributed by atoms with E-state index >= 15 is 0 Å². The Hall–Kier alpha value is -3.69. The van der Waals surface area contributed by atoms with Crippen molar-refractivity contribution in [1.29, 1.82) is 0 Å². The van der Waals surface area contributed by atoms with Gasteiger partial charge in [0.15, 0.2) is 0 Å². The number of hydrogen-bond donors (Lipinski definition) is 2. The summed E-state index contributed by atoms with van der Waals surface area (Å²) in [5.74, 6) is -1.71. The molecule has 0 aliphatic heterocycles. The van der Waals surface area contributed by atoms with E-state index in [9.17, 15) is 18.0 Å². The number of nitrogens with one attached hydrogen (secondary N) is 1. The highest BCUT2D eigenvalue weighted by atomic mass is 35.5. The van der Waals surface area contributed by atoms with Gasteiger partial charge in [-0.05, 0) is 54.1 Å². The van der Waals surface area contributed by atoms with E-state index in [0.29, 0.717) is 16.3 Å². The smallest absolute Gasteiger partial charge is 0.335 e. The van der Waals surface area contributed by atoms with Gasteiger partial charge in [-0.25, -0.2) is 18.6 Å². The Kier molecular flexibility index (Phi) is 7.24. The minimum Gasteiger partial charge on any atom is -0.478 e. The third-order valence-electron chi connectivity index (χ3n) is 4.29. The van der Waals surface area contributed by atoms with Crippen molar-refractivity contribution in [1.82, 2.24) is 5.43 Å². The van der Waals surface area contributed by atoms with Crippen molar-refractivity contribution in [2.45, 2.75) is 4.90 Å². The number of benzene rings is 3. The van der Waals surface area contributed by atoms with Gasteiger partial charge in [-0.2, -0.15) is 5.10 Å². The van der Waals surface area contributed by atoms with Gasteiger partial charge >= 0.3 is 5.97 Å². The number of anilines is 1. The van der Waals surface area contributed by atoms with E-state index in [1.54, 1.807) is 30.3 Å². The number of sulfonamides is 1. The quantitative estimate of drug-likeness (QED) is 0.386. The molecule has 0 aliphatic rings. The molecule has 0 unspecified atom stereocenters. The Labute approximate surface area is 189 Å². The SMILES string of the molecule is O=C(CN(c1ccccc1)S(=O)(=O)c1ccc(Cl)cc1)N/N=C\c1ccc(C(=O)O)cc1. The highest BCUT2D eigenvalue weighted by molar-refractivity contribution is 7.92. The van der Waals surface area contributed by atoms with Crippen LogP contribution in [0.25, 0.3) is 0 Å². The van der Waals surface area contributed by atoms with Crippen LogP contribution < -0.4 is 9.73 Å². The van der Waals surface area contributed by atoms with Crippen LogP contribution in [0.1, 0.15) is 15.9 Å². The summed E-state index contributed by atoms with van der Waals surface area (Å²) in [5.41, 5.74) is 3.28. The zero-order chi connectivity index (χ0) is 23.1. The number of hydrazone groups is 1. The molecular weight excluding hydrogens is 454 g/mol. The molecule has 164 valence electrons. The molecule has 0 saturated heterocycles. The monoisotopic (exact) mass is 471 g/mol. The summed E-state index contributed by atoms with van der Waals surface area (Å²) in [4.78, 5) is 23.3. The maximum Gasteiger partial charge on any atom is 0.335 e. The van der Waals surface area contributed by atoms with E-state index in [2.05, 4.69) is 10.5 Å². The summed E-state index contributed by atoms with van der Waals surface area (Å²) >= 11 is 5.86. The molecule has 0 fully saturated rings. The second kappa shape index (κ2) is 10.1. The van der Waals surface area contributed by atoms with Crippen LogP contribution in [0.3, 0.4) is 0 Å². The molecule has 0 saturated carbocycles. The molecule has 0 atom stereocenters. The summed E-state index contributed by atoms with van der Waals surface area (Å²) in [6.45, 7) is -0.510. The number of nitrogens with zero attached hydrogens (tertiary/aromatic N) is 2. The number of para-hydroxylation sites is 1. The van der Waals surface area contributed by atoms with Crippen LogP contribution >= 0.6 is 11.6 Å². The number of carboxylic acid groups (broad SMARTS) is 1. The fourth-order valence-corrected chi connectivity index (χ4v) is 4.25. The Bertz CT molecular complexity index is 1230. The number of amides is 1. The first-order valence-corrected chi connectivity index (χ1v) is 11.1. The highest BCUT2D eigenvalue weighted by Gasteiger charge is 2.27. The Morgan fingerprint density at radius 2 is 1.59 bits per heavy atom. The number of aromatic carboxylic acids is 1. The van der Waals surface area contributed by atoms with E-state index in [4.69, 9.17) is 16.7 Å². The molecule has 0 radical (unpaired) electrons. The molecule has 0 heterocycles. The molecule has 3 rings (SSSR count). The van der Waals surface area contributed by atoms with Gasteiger partial charge < -0.3 is 5.11 Å². The molecule has 10 heteroatoms. The van der Waals surface area contributed by atoms with Gasteiger partial charge in [-0.1, -0.05) is 41.9 Å². The zero-order valence-electron chi connectivity index (χ0n) is 16.6. The largest absolute Gasteiger partial charge is 0.478 e. The molecule has 3 aromatic rings. The summed E-state index contributed by atoms with van der Waals surface area (Å²) in [7, 11) is -4.05. The summed E-state index contributed by atoms with van der Waals surface area (Å²) in [6, 6.07) is 19.7. The fourth-order valence-electron chi connectivity index (χ4n) is 2.70. The Morgan fingerprint density at radius 3 is 2.19 bits per heavy atom. The molecular formula is C22H18ClN3O5S. The van der Waals surface area contributed by atoms with Crippen molar-refractivity contribution in [2.24, 2.45) is 5.10 Å². The molecule has 3 aromatic carbocycles. The molecule has 0 aromatic heterocycles. The van der Waals surface area contributed by atoms with Crippen LogP contribution in [0.5, 0.6) is 0 Å². The molecule has 0 bridgehead atoms. The number of hydrogen-bond acceptors (Lipinski definition) is 5. The van der Waals surface area contributed by atoms with Crippen LogP contribution in [0, 0.1) is 0 Å². The van der Waals surface area contributed by atoms with E-state index in [1.807, 2.05) is 0 Å². The topological polar surface area (TPSA) is 116 Å². The fraction of sp³-hybridized carbons (Fsp3) is 0.0455. The number of rotatable bonds is 8. The van der Waals surface area contributed by atoms with E-state index < -0.39 is 28.4 Å². The van der Waals surface area contributed by atoms with Crippen LogP contribution in [0.2, 0.25) is 5.02 Å². The lowest BCUT2D eigenvalue weighted by Gasteiger charge is -2.23. The lowest BCUT2D eigenvalue weighted by atomic mass is 10.1. The van der Waals surface area contributed by atoms with E-state index in [-0.39, 0.29) is 10.5 Å². The van der Waals surface area contributed by atoms with Crippen molar-refractivity contribution in [3.05, 3.63) is 95.0 Å². The predicted molar refractivity (Wildman–Crippen MR) is 122 cm³/mol. The molecule has 8 nitrogen and oxygen atoms in total. The average Bonchev–Trinajstić information content (AvgIpc) is 2.78. The molecule has 0 aliphatic carbocycles. The maximum absolute atomic E-state index is 13.2. The van der Waals surface area contributed by atoms with Gasteiger partial charge in [0.05, 0.1) is 22.4 Å². The van der Waals surface area contributed by atoms with Crippen molar-refractivity contribution in [3.63, 3.8) is 0 Å². The van der Waals surface area contributed by atoms with E-state index in [0.717, 1.165) is 4.31 Å². The van der Waals surface area contributed by atoms with Gasteiger partial charge in [-0.15, -0.1) is 0 Å². The lowest BCUT2D eigenvalue weighted by Crippen LogP contribution is -2.39.